The van der Waals surface area contributed by atoms with Crippen LogP contribution in [-0.2, 0) is 9.84 Å². The maximum atomic E-state index is 11.6. The summed E-state index contributed by atoms with van der Waals surface area (Å²) < 4.78 is 33.7. The topological polar surface area (TPSA) is 69.7 Å². The van der Waals surface area contributed by atoms with E-state index in [-0.39, 0.29) is 17.3 Å². The molecule has 0 radical (unpaired) electrons. The first-order valence-corrected chi connectivity index (χ1v) is 7.80. The molecule has 1 aromatic rings. The average Bonchev–Trinajstić information content (AvgIpc) is 2.68. The molecule has 0 saturated carbocycles. The lowest BCUT2D eigenvalue weighted by atomic mass is 10.1. The van der Waals surface area contributed by atoms with Gasteiger partial charge in [-0.3, -0.25) is 4.79 Å². The molecule has 0 N–H and O–H groups in total. The summed E-state index contributed by atoms with van der Waals surface area (Å²) in [6.07, 6.45) is 0.0250. The molecule has 19 heavy (non-hydrogen) atoms. The van der Waals surface area contributed by atoms with Crippen molar-refractivity contribution in [3.63, 3.8) is 0 Å². The van der Waals surface area contributed by atoms with Gasteiger partial charge in [0.25, 0.3) is 0 Å². The first kappa shape index (κ1) is 13.9. The minimum atomic E-state index is -3.02. The number of hydrogen-bond donors (Lipinski definition) is 0. The third-order valence-electron chi connectivity index (χ3n) is 3.05. The number of hydrogen-bond acceptors (Lipinski definition) is 5. The van der Waals surface area contributed by atoms with E-state index < -0.39 is 15.9 Å². The Balaban J connectivity index is 2.31. The maximum Gasteiger partial charge on any atom is 0.172 e. The van der Waals surface area contributed by atoms with Gasteiger partial charge in [0.15, 0.2) is 27.1 Å². The summed E-state index contributed by atoms with van der Waals surface area (Å²) in [6.45, 7) is 1.44. The third kappa shape index (κ3) is 3.07. The zero-order valence-corrected chi connectivity index (χ0v) is 11.7. The molecule has 1 heterocycles. The first-order chi connectivity index (χ1) is 8.93. The van der Waals surface area contributed by atoms with Gasteiger partial charge in [-0.25, -0.2) is 8.42 Å². The second-order valence-electron chi connectivity index (χ2n) is 4.54. The number of benzene rings is 1. The number of ether oxygens (including phenoxy) is 2. The van der Waals surface area contributed by atoms with Crippen molar-refractivity contribution in [3.05, 3.63) is 23.8 Å². The molecule has 6 heteroatoms. The lowest BCUT2D eigenvalue weighted by molar-refractivity contribution is 0.101. The molecule has 1 aliphatic rings. The fourth-order valence-electron chi connectivity index (χ4n) is 2.10. The quantitative estimate of drug-likeness (QED) is 0.783. The second-order valence-corrected chi connectivity index (χ2v) is 6.76. The van der Waals surface area contributed by atoms with E-state index in [0.29, 0.717) is 23.5 Å². The van der Waals surface area contributed by atoms with Gasteiger partial charge in [0, 0.05) is 0 Å². The van der Waals surface area contributed by atoms with Gasteiger partial charge in [0.1, 0.15) is 6.10 Å². The van der Waals surface area contributed by atoms with Crippen LogP contribution in [0.15, 0.2) is 18.2 Å². The van der Waals surface area contributed by atoms with Gasteiger partial charge in [-0.2, -0.15) is 0 Å². The number of ketones is 1. The zero-order chi connectivity index (χ0) is 14.0. The third-order valence-corrected chi connectivity index (χ3v) is 4.79. The van der Waals surface area contributed by atoms with Crippen LogP contribution in [0.3, 0.4) is 0 Å². The van der Waals surface area contributed by atoms with E-state index in [0.717, 1.165) is 0 Å². The van der Waals surface area contributed by atoms with Gasteiger partial charge in [0.2, 0.25) is 0 Å². The van der Waals surface area contributed by atoms with Crippen molar-refractivity contribution in [2.45, 2.75) is 19.4 Å². The smallest absolute Gasteiger partial charge is 0.172 e. The van der Waals surface area contributed by atoms with Crippen LogP contribution in [0.4, 0.5) is 0 Å². The first-order valence-electron chi connectivity index (χ1n) is 5.98. The van der Waals surface area contributed by atoms with Crippen molar-refractivity contribution in [1.29, 1.82) is 0 Å². The van der Waals surface area contributed by atoms with Crippen LogP contribution in [0.25, 0.3) is 0 Å². The van der Waals surface area contributed by atoms with Crippen molar-refractivity contribution in [2.24, 2.45) is 0 Å². The zero-order valence-electron chi connectivity index (χ0n) is 10.9. The second kappa shape index (κ2) is 5.21. The fourth-order valence-corrected chi connectivity index (χ4v) is 3.69. The molecule has 1 aliphatic heterocycles. The molecule has 104 valence electrons. The van der Waals surface area contributed by atoms with Crippen LogP contribution in [0.1, 0.15) is 23.7 Å². The van der Waals surface area contributed by atoms with E-state index in [1.165, 1.54) is 14.0 Å². The highest BCUT2D eigenvalue weighted by molar-refractivity contribution is 7.91. The van der Waals surface area contributed by atoms with Crippen molar-refractivity contribution >= 4 is 15.6 Å². The summed E-state index contributed by atoms with van der Waals surface area (Å²) in [5.74, 6) is 0.747. The van der Waals surface area contributed by atoms with E-state index in [9.17, 15) is 13.2 Å². The van der Waals surface area contributed by atoms with Crippen LogP contribution in [0.2, 0.25) is 0 Å². The largest absolute Gasteiger partial charge is 0.493 e. The highest BCUT2D eigenvalue weighted by Crippen LogP contribution is 2.33. The van der Waals surface area contributed by atoms with Gasteiger partial charge in [-0.1, -0.05) is 6.07 Å². The number of sulfone groups is 1. The highest BCUT2D eigenvalue weighted by Gasteiger charge is 2.31. The predicted octanol–water partition coefficient (Wildman–Crippen LogP) is 1.46. The average molecular weight is 284 g/mol. The van der Waals surface area contributed by atoms with E-state index in [4.69, 9.17) is 9.47 Å². The summed E-state index contributed by atoms with van der Waals surface area (Å²) >= 11 is 0. The number of carbonyl (C=O) groups is 1. The lowest BCUT2D eigenvalue weighted by Gasteiger charge is -2.17. The number of para-hydroxylation sites is 1. The summed E-state index contributed by atoms with van der Waals surface area (Å²) in [6, 6.07) is 5.03. The number of rotatable bonds is 4. The molecule has 0 aliphatic carbocycles. The van der Waals surface area contributed by atoms with Gasteiger partial charge in [-0.05, 0) is 25.5 Å². The molecule has 0 amide bonds. The Morgan fingerprint density at radius 1 is 1.37 bits per heavy atom. The molecule has 1 aromatic carbocycles. The lowest BCUT2D eigenvalue weighted by Crippen LogP contribution is -2.19. The summed E-state index contributed by atoms with van der Waals surface area (Å²) in [5, 5.41) is 0. The molecule has 1 saturated heterocycles. The monoisotopic (exact) mass is 284 g/mol. The van der Waals surface area contributed by atoms with Gasteiger partial charge >= 0.3 is 0 Å². The van der Waals surface area contributed by atoms with Crippen LogP contribution in [-0.4, -0.2) is 38.9 Å². The summed E-state index contributed by atoms with van der Waals surface area (Å²) in [5.41, 5.74) is 0.406. The molecule has 0 spiro atoms. The molecule has 1 unspecified atom stereocenters. The number of Topliss-reactive ketones (excluding diaryl/α,β-unsaturated/α-hetero) is 1. The Kier molecular flexibility index (Phi) is 3.80. The molecule has 0 bridgehead atoms. The highest BCUT2D eigenvalue weighted by atomic mass is 32.2. The molecular weight excluding hydrogens is 268 g/mol. The van der Waals surface area contributed by atoms with Crippen LogP contribution in [0, 0.1) is 0 Å². The molecule has 1 atom stereocenters. The summed E-state index contributed by atoms with van der Waals surface area (Å²) in [7, 11) is -1.54. The summed E-state index contributed by atoms with van der Waals surface area (Å²) in [4.78, 5) is 11.6. The van der Waals surface area contributed by atoms with Crippen LogP contribution >= 0.6 is 0 Å². The Morgan fingerprint density at radius 3 is 2.63 bits per heavy atom. The van der Waals surface area contributed by atoms with Crippen molar-refractivity contribution < 1.29 is 22.7 Å². The van der Waals surface area contributed by atoms with E-state index in [2.05, 4.69) is 0 Å². The van der Waals surface area contributed by atoms with Crippen LogP contribution in [0.5, 0.6) is 11.5 Å². The van der Waals surface area contributed by atoms with Crippen molar-refractivity contribution in [2.75, 3.05) is 18.6 Å². The van der Waals surface area contributed by atoms with Gasteiger partial charge in [-0.15, -0.1) is 0 Å². The van der Waals surface area contributed by atoms with Crippen molar-refractivity contribution in [3.8, 4) is 11.5 Å². The molecular formula is C13H16O5S. The molecule has 0 aromatic heterocycles. The predicted molar refractivity (Wildman–Crippen MR) is 70.7 cm³/mol. The SMILES string of the molecule is COc1cccc(C(C)=O)c1OC1CCS(=O)(=O)C1. The Bertz CT molecular complexity index is 591. The fraction of sp³-hybridized carbons (Fsp3) is 0.462. The minimum absolute atomic E-state index is 0.0115. The minimum Gasteiger partial charge on any atom is -0.493 e. The maximum absolute atomic E-state index is 11.6. The molecule has 2 rings (SSSR count). The van der Waals surface area contributed by atoms with E-state index >= 15 is 0 Å². The standard InChI is InChI=1S/C13H16O5S/c1-9(14)11-4-3-5-12(17-2)13(11)18-10-6-7-19(15,16)8-10/h3-5,10H,6-8H2,1-2H3. The molecule has 1 fully saturated rings. The van der Waals surface area contributed by atoms with E-state index in [1.807, 2.05) is 0 Å². The Labute approximate surface area is 112 Å². The number of methoxy groups -OCH3 is 1. The van der Waals surface area contributed by atoms with Crippen molar-refractivity contribution in [1.82, 2.24) is 0 Å². The van der Waals surface area contributed by atoms with Gasteiger partial charge in [0.05, 0.1) is 24.2 Å². The Hall–Kier alpha value is -1.56. The van der Waals surface area contributed by atoms with Crippen LogP contribution < -0.4 is 9.47 Å². The Morgan fingerprint density at radius 2 is 2.11 bits per heavy atom. The number of carbonyl (C=O) groups excluding carboxylic acids is 1. The normalized spacial score (nSPS) is 21.1. The van der Waals surface area contributed by atoms with Gasteiger partial charge < -0.3 is 9.47 Å². The van der Waals surface area contributed by atoms with E-state index in [1.54, 1.807) is 18.2 Å². The molecule has 5 nitrogen and oxygen atoms in total.